The van der Waals surface area contributed by atoms with Gasteiger partial charge in [-0.3, -0.25) is 9.48 Å². The number of rotatable bonds is 9. The zero-order valence-electron chi connectivity index (χ0n) is 19.8. The summed E-state index contributed by atoms with van der Waals surface area (Å²) < 4.78 is 28.5. The van der Waals surface area contributed by atoms with Crippen LogP contribution in [0.1, 0.15) is 47.8 Å². The van der Waals surface area contributed by atoms with Gasteiger partial charge in [-0.1, -0.05) is 79.9 Å². The van der Waals surface area contributed by atoms with Crippen LogP contribution < -0.4 is 4.72 Å². The topological polar surface area (TPSA) is 81.1 Å². The third kappa shape index (κ3) is 5.92. The molecule has 182 valence electrons. The van der Waals surface area contributed by atoms with Crippen molar-refractivity contribution in [2.45, 2.75) is 39.7 Å². The van der Waals surface area contributed by atoms with Crippen molar-refractivity contribution in [2.24, 2.45) is 0 Å². The van der Waals surface area contributed by atoms with E-state index in [-0.39, 0.29) is 11.3 Å². The van der Waals surface area contributed by atoms with Gasteiger partial charge in [0.2, 0.25) is 10.0 Å². The number of hydrogen-bond donors (Lipinski definition) is 1. The van der Waals surface area contributed by atoms with Crippen molar-refractivity contribution in [3.8, 4) is 11.1 Å². The van der Waals surface area contributed by atoms with E-state index < -0.39 is 15.9 Å². The molecular weight excluding hydrogens is 482 g/mol. The molecule has 0 fully saturated rings. The van der Waals surface area contributed by atoms with Crippen LogP contribution in [0.25, 0.3) is 22.0 Å². The maximum Gasteiger partial charge on any atom is 0.264 e. The predicted molar refractivity (Wildman–Crippen MR) is 141 cm³/mol. The molecule has 8 heteroatoms. The summed E-state index contributed by atoms with van der Waals surface area (Å²) >= 11 is 6.62. The molecule has 0 saturated heterocycles. The van der Waals surface area contributed by atoms with E-state index in [9.17, 15) is 13.2 Å². The van der Waals surface area contributed by atoms with E-state index in [0.717, 1.165) is 46.1 Å². The first-order valence-corrected chi connectivity index (χ1v) is 13.7. The number of carbonyl (C=O) groups excluding carboxylic acids is 1. The van der Waals surface area contributed by atoms with E-state index in [1.54, 1.807) is 22.9 Å². The van der Waals surface area contributed by atoms with Crippen LogP contribution in [-0.2, 0) is 16.6 Å². The fourth-order valence-corrected chi connectivity index (χ4v) is 5.37. The SMILES string of the molecule is CCCCCS(=O)(=O)NC(=O)c1ccc2c(C)nn(Cc3ccc(-c4ccccc4)cc3Cl)c2c1. The lowest BCUT2D eigenvalue weighted by Gasteiger charge is -2.10. The number of hydrogen-bond acceptors (Lipinski definition) is 4. The van der Waals surface area contributed by atoms with Crippen LogP contribution in [0.5, 0.6) is 0 Å². The highest BCUT2D eigenvalue weighted by Gasteiger charge is 2.18. The second-order valence-electron chi connectivity index (χ2n) is 8.60. The van der Waals surface area contributed by atoms with Crippen LogP contribution in [0.15, 0.2) is 66.7 Å². The van der Waals surface area contributed by atoms with Gasteiger partial charge < -0.3 is 0 Å². The fraction of sp³-hybridized carbons (Fsp3) is 0.259. The molecule has 0 radical (unpaired) electrons. The first kappa shape index (κ1) is 24.9. The number of carbonyl (C=O) groups is 1. The molecule has 1 aromatic heterocycles. The summed E-state index contributed by atoms with van der Waals surface area (Å²) in [5.74, 6) is -0.706. The van der Waals surface area contributed by atoms with Crippen LogP contribution in [-0.4, -0.2) is 29.9 Å². The molecule has 0 aliphatic carbocycles. The minimum atomic E-state index is -3.68. The summed E-state index contributed by atoms with van der Waals surface area (Å²) in [6.07, 6.45) is 2.23. The molecule has 4 aromatic rings. The Morgan fingerprint density at radius 3 is 2.49 bits per heavy atom. The molecule has 0 unspecified atom stereocenters. The first-order chi connectivity index (χ1) is 16.8. The zero-order valence-corrected chi connectivity index (χ0v) is 21.4. The molecule has 3 aromatic carbocycles. The summed E-state index contributed by atoms with van der Waals surface area (Å²) in [4.78, 5) is 12.7. The van der Waals surface area contributed by atoms with Gasteiger partial charge in [-0.25, -0.2) is 13.1 Å². The van der Waals surface area contributed by atoms with Crippen LogP contribution in [0.2, 0.25) is 5.02 Å². The Balaban J connectivity index is 1.59. The summed E-state index contributed by atoms with van der Waals surface area (Å²) in [7, 11) is -3.68. The monoisotopic (exact) mass is 509 g/mol. The summed E-state index contributed by atoms with van der Waals surface area (Å²) in [5.41, 5.74) is 4.83. The molecule has 35 heavy (non-hydrogen) atoms. The highest BCUT2D eigenvalue weighted by Crippen LogP contribution is 2.28. The molecular formula is C27H28ClN3O3S. The van der Waals surface area contributed by atoms with Gasteiger partial charge in [-0.05, 0) is 48.2 Å². The van der Waals surface area contributed by atoms with Gasteiger partial charge in [0.05, 0.1) is 23.5 Å². The van der Waals surface area contributed by atoms with E-state index in [1.807, 2.05) is 62.4 Å². The largest absolute Gasteiger partial charge is 0.268 e. The van der Waals surface area contributed by atoms with Crippen LogP contribution in [0.4, 0.5) is 0 Å². The molecule has 1 amide bonds. The van der Waals surface area contributed by atoms with Crippen LogP contribution in [0, 0.1) is 6.92 Å². The normalized spacial score (nSPS) is 11.6. The Hall–Kier alpha value is -3.16. The average Bonchev–Trinajstić information content (AvgIpc) is 3.15. The standard InChI is InChI=1S/C27H28ClN3O3S/c1-3-4-8-15-35(33,34)30-27(32)22-13-14-24-19(2)29-31(26(24)17-22)18-23-12-11-21(16-25(23)28)20-9-6-5-7-10-20/h5-7,9-14,16-17H,3-4,8,15,18H2,1-2H3,(H,30,32). The summed E-state index contributed by atoms with van der Waals surface area (Å²) in [6, 6.07) is 21.1. The van der Waals surface area contributed by atoms with E-state index in [4.69, 9.17) is 11.6 Å². The van der Waals surface area contributed by atoms with Crippen LogP contribution >= 0.6 is 11.6 Å². The van der Waals surface area contributed by atoms with Gasteiger partial charge in [0.25, 0.3) is 5.91 Å². The summed E-state index contributed by atoms with van der Waals surface area (Å²) in [5, 5.41) is 6.16. The number of halogens is 1. The molecule has 4 rings (SSSR count). The molecule has 0 aliphatic rings. The van der Waals surface area contributed by atoms with Crippen molar-refractivity contribution < 1.29 is 13.2 Å². The van der Waals surface area contributed by atoms with E-state index in [2.05, 4.69) is 9.82 Å². The van der Waals surface area contributed by atoms with Crippen molar-refractivity contribution >= 4 is 38.4 Å². The molecule has 0 bridgehead atoms. The van der Waals surface area contributed by atoms with Crippen molar-refractivity contribution in [1.29, 1.82) is 0 Å². The number of nitrogens with one attached hydrogen (secondary N) is 1. The van der Waals surface area contributed by atoms with Gasteiger partial charge in [0.15, 0.2) is 0 Å². The number of nitrogens with zero attached hydrogens (tertiary/aromatic N) is 2. The molecule has 0 atom stereocenters. The van der Waals surface area contributed by atoms with E-state index in [0.29, 0.717) is 18.0 Å². The number of benzene rings is 3. The number of fused-ring (bicyclic) bond motifs is 1. The van der Waals surface area contributed by atoms with Gasteiger partial charge in [0.1, 0.15) is 0 Å². The molecule has 0 aliphatic heterocycles. The third-order valence-corrected chi connectivity index (χ3v) is 7.62. The minimum Gasteiger partial charge on any atom is -0.268 e. The Morgan fingerprint density at radius 1 is 1.00 bits per heavy atom. The van der Waals surface area contributed by atoms with Gasteiger partial charge in [0, 0.05) is 16.0 Å². The lowest BCUT2D eigenvalue weighted by Crippen LogP contribution is -2.32. The van der Waals surface area contributed by atoms with Crippen molar-refractivity contribution in [1.82, 2.24) is 14.5 Å². The van der Waals surface area contributed by atoms with Crippen molar-refractivity contribution in [3.05, 3.63) is 88.6 Å². The number of amides is 1. The van der Waals surface area contributed by atoms with Crippen molar-refractivity contribution in [3.63, 3.8) is 0 Å². The number of aromatic nitrogens is 2. The molecule has 6 nitrogen and oxygen atoms in total. The minimum absolute atomic E-state index is 0.0661. The number of aryl methyl sites for hydroxylation is 1. The molecule has 0 saturated carbocycles. The first-order valence-electron chi connectivity index (χ1n) is 11.6. The molecule has 0 spiro atoms. The Kier molecular flexibility index (Phi) is 7.57. The maximum absolute atomic E-state index is 12.7. The lowest BCUT2D eigenvalue weighted by molar-refractivity contribution is 0.0981. The van der Waals surface area contributed by atoms with Gasteiger partial charge in [-0.2, -0.15) is 5.10 Å². The Bertz CT molecular complexity index is 1460. The van der Waals surface area contributed by atoms with Crippen molar-refractivity contribution in [2.75, 3.05) is 5.75 Å². The molecule has 1 N–H and O–H groups in total. The molecule has 1 heterocycles. The fourth-order valence-electron chi connectivity index (χ4n) is 4.04. The Labute approximate surface area is 211 Å². The highest BCUT2D eigenvalue weighted by molar-refractivity contribution is 7.90. The lowest BCUT2D eigenvalue weighted by atomic mass is 10.0. The highest BCUT2D eigenvalue weighted by atomic mass is 35.5. The quantitative estimate of drug-likeness (QED) is 0.282. The number of unbranched alkanes of at least 4 members (excludes halogenated alkanes) is 2. The van der Waals surface area contributed by atoms with E-state index in [1.165, 1.54) is 0 Å². The van der Waals surface area contributed by atoms with Crippen LogP contribution in [0.3, 0.4) is 0 Å². The average molecular weight is 510 g/mol. The second-order valence-corrected chi connectivity index (χ2v) is 10.9. The third-order valence-electron chi connectivity index (χ3n) is 5.94. The number of sulfonamides is 1. The van der Waals surface area contributed by atoms with Gasteiger partial charge in [-0.15, -0.1) is 0 Å². The zero-order chi connectivity index (χ0) is 25.0. The van der Waals surface area contributed by atoms with Gasteiger partial charge >= 0.3 is 0 Å². The second kappa shape index (κ2) is 10.6. The summed E-state index contributed by atoms with van der Waals surface area (Å²) in [6.45, 7) is 4.31. The Morgan fingerprint density at radius 2 is 1.77 bits per heavy atom. The van der Waals surface area contributed by atoms with E-state index >= 15 is 0 Å². The maximum atomic E-state index is 12.7. The predicted octanol–water partition coefficient (Wildman–Crippen LogP) is 5.96. The smallest absolute Gasteiger partial charge is 0.264 e.